The zero-order chi connectivity index (χ0) is 14.1. The molecule has 106 valence electrons. The van der Waals surface area contributed by atoms with Crippen molar-refractivity contribution in [2.45, 2.75) is 27.3 Å². The molecule has 0 radical (unpaired) electrons. The SMILES string of the molecule is CCNCC(=O)Nc1cccc(CN(CC)CC)c1. The molecule has 4 nitrogen and oxygen atoms in total. The van der Waals surface area contributed by atoms with E-state index in [4.69, 9.17) is 0 Å². The summed E-state index contributed by atoms with van der Waals surface area (Å²) in [5.74, 6) is 0.00170. The molecule has 0 unspecified atom stereocenters. The summed E-state index contributed by atoms with van der Waals surface area (Å²) in [7, 11) is 0. The fourth-order valence-electron chi connectivity index (χ4n) is 1.90. The number of nitrogens with zero attached hydrogens (tertiary/aromatic N) is 1. The maximum Gasteiger partial charge on any atom is 0.238 e. The standard InChI is InChI=1S/C15H25N3O/c1-4-16-11-15(19)17-14-9-7-8-13(10-14)12-18(5-2)6-3/h7-10,16H,4-6,11-12H2,1-3H3,(H,17,19). The zero-order valence-electron chi connectivity index (χ0n) is 12.2. The lowest BCUT2D eigenvalue weighted by Crippen LogP contribution is -2.27. The molecule has 0 saturated carbocycles. The molecule has 0 spiro atoms. The minimum Gasteiger partial charge on any atom is -0.325 e. The Labute approximate surface area is 116 Å². The van der Waals surface area contributed by atoms with E-state index in [1.807, 2.05) is 25.1 Å². The molecular weight excluding hydrogens is 238 g/mol. The minimum absolute atomic E-state index is 0.00170. The van der Waals surface area contributed by atoms with E-state index in [1.165, 1.54) is 5.56 Å². The molecule has 0 heterocycles. The molecule has 1 aromatic rings. The van der Waals surface area contributed by atoms with E-state index < -0.39 is 0 Å². The number of anilines is 1. The second-order valence-electron chi connectivity index (χ2n) is 4.49. The van der Waals surface area contributed by atoms with Gasteiger partial charge < -0.3 is 10.6 Å². The van der Waals surface area contributed by atoms with Crippen molar-refractivity contribution >= 4 is 11.6 Å². The van der Waals surface area contributed by atoms with Crippen LogP contribution in [0, 0.1) is 0 Å². The normalized spacial score (nSPS) is 10.7. The van der Waals surface area contributed by atoms with Crippen molar-refractivity contribution in [2.24, 2.45) is 0 Å². The number of hydrogen-bond donors (Lipinski definition) is 2. The monoisotopic (exact) mass is 263 g/mol. The topological polar surface area (TPSA) is 44.4 Å². The van der Waals surface area contributed by atoms with E-state index >= 15 is 0 Å². The maximum absolute atomic E-state index is 11.6. The molecule has 0 aliphatic carbocycles. The van der Waals surface area contributed by atoms with Crippen LogP contribution in [0.15, 0.2) is 24.3 Å². The minimum atomic E-state index is 0.00170. The van der Waals surface area contributed by atoms with E-state index in [2.05, 4.69) is 35.4 Å². The van der Waals surface area contributed by atoms with Crippen molar-refractivity contribution < 1.29 is 4.79 Å². The third kappa shape index (κ3) is 5.85. The Bertz CT molecular complexity index is 389. The number of hydrogen-bond acceptors (Lipinski definition) is 3. The van der Waals surface area contributed by atoms with Gasteiger partial charge in [0.05, 0.1) is 6.54 Å². The molecule has 2 N–H and O–H groups in total. The van der Waals surface area contributed by atoms with E-state index in [0.29, 0.717) is 6.54 Å². The summed E-state index contributed by atoms with van der Waals surface area (Å²) in [5.41, 5.74) is 2.09. The van der Waals surface area contributed by atoms with Gasteiger partial charge in [0, 0.05) is 12.2 Å². The Hall–Kier alpha value is -1.39. The predicted octanol–water partition coefficient (Wildman–Crippen LogP) is 2.08. The second kappa shape index (κ2) is 8.67. The van der Waals surface area contributed by atoms with Crippen molar-refractivity contribution in [3.8, 4) is 0 Å². The van der Waals surface area contributed by atoms with Gasteiger partial charge in [0.25, 0.3) is 0 Å². The summed E-state index contributed by atoms with van der Waals surface area (Å²) in [6, 6.07) is 8.05. The van der Waals surface area contributed by atoms with Crippen LogP contribution in [-0.4, -0.2) is 37.0 Å². The smallest absolute Gasteiger partial charge is 0.238 e. The van der Waals surface area contributed by atoms with Crippen LogP contribution in [0.3, 0.4) is 0 Å². The third-order valence-electron chi connectivity index (χ3n) is 3.05. The van der Waals surface area contributed by atoms with Gasteiger partial charge in [-0.3, -0.25) is 9.69 Å². The lowest BCUT2D eigenvalue weighted by atomic mass is 10.2. The van der Waals surface area contributed by atoms with Crippen molar-refractivity contribution in [3.05, 3.63) is 29.8 Å². The van der Waals surface area contributed by atoms with Crippen LogP contribution in [0.1, 0.15) is 26.3 Å². The van der Waals surface area contributed by atoms with Gasteiger partial charge in [-0.15, -0.1) is 0 Å². The average Bonchev–Trinajstić information content (AvgIpc) is 2.43. The summed E-state index contributed by atoms with van der Waals surface area (Å²) >= 11 is 0. The highest BCUT2D eigenvalue weighted by Gasteiger charge is 2.04. The maximum atomic E-state index is 11.6. The zero-order valence-corrected chi connectivity index (χ0v) is 12.2. The lowest BCUT2D eigenvalue weighted by molar-refractivity contribution is -0.115. The van der Waals surface area contributed by atoms with Crippen molar-refractivity contribution in [1.29, 1.82) is 0 Å². The highest BCUT2D eigenvalue weighted by Crippen LogP contribution is 2.12. The number of nitrogens with one attached hydrogen (secondary N) is 2. The lowest BCUT2D eigenvalue weighted by Gasteiger charge is -2.18. The molecular formula is C15H25N3O. The first-order chi connectivity index (χ1) is 9.19. The fraction of sp³-hybridized carbons (Fsp3) is 0.533. The average molecular weight is 263 g/mol. The van der Waals surface area contributed by atoms with Crippen molar-refractivity contribution in [3.63, 3.8) is 0 Å². The van der Waals surface area contributed by atoms with Gasteiger partial charge >= 0.3 is 0 Å². The molecule has 4 heteroatoms. The van der Waals surface area contributed by atoms with Crippen LogP contribution in [0.5, 0.6) is 0 Å². The quantitative estimate of drug-likeness (QED) is 0.755. The van der Waals surface area contributed by atoms with E-state index in [9.17, 15) is 4.79 Å². The largest absolute Gasteiger partial charge is 0.325 e. The van der Waals surface area contributed by atoms with Gasteiger partial charge in [-0.1, -0.05) is 32.9 Å². The number of amides is 1. The van der Waals surface area contributed by atoms with Gasteiger partial charge in [0.1, 0.15) is 0 Å². The molecule has 0 aliphatic rings. The Morgan fingerprint density at radius 2 is 1.95 bits per heavy atom. The van der Waals surface area contributed by atoms with E-state index in [1.54, 1.807) is 0 Å². The molecule has 1 rings (SSSR count). The Morgan fingerprint density at radius 1 is 1.21 bits per heavy atom. The molecule has 0 saturated heterocycles. The fourth-order valence-corrected chi connectivity index (χ4v) is 1.90. The molecule has 0 aromatic heterocycles. The van der Waals surface area contributed by atoms with E-state index in [-0.39, 0.29) is 5.91 Å². The van der Waals surface area contributed by atoms with Crippen LogP contribution in [0.2, 0.25) is 0 Å². The second-order valence-corrected chi connectivity index (χ2v) is 4.49. The highest BCUT2D eigenvalue weighted by atomic mass is 16.1. The summed E-state index contributed by atoms with van der Waals surface area (Å²) in [6.45, 7) is 10.5. The van der Waals surface area contributed by atoms with Crippen molar-refractivity contribution in [1.82, 2.24) is 10.2 Å². The Morgan fingerprint density at radius 3 is 2.58 bits per heavy atom. The number of carbonyl (C=O) groups excluding carboxylic acids is 1. The third-order valence-corrected chi connectivity index (χ3v) is 3.05. The summed E-state index contributed by atoms with van der Waals surface area (Å²) in [4.78, 5) is 14.0. The number of rotatable bonds is 8. The van der Waals surface area contributed by atoms with Gasteiger partial charge in [0.15, 0.2) is 0 Å². The van der Waals surface area contributed by atoms with Gasteiger partial charge in [0.2, 0.25) is 5.91 Å². The van der Waals surface area contributed by atoms with Crippen LogP contribution >= 0.6 is 0 Å². The molecule has 19 heavy (non-hydrogen) atoms. The predicted molar refractivity (Wildman–Crippen MR) is 80.2 cm³/mol. The Balaban J connectivity index is 2.58. The molecule has 0 atom stereocenters. The first kappa shape index (κ1) is 15.7. The van der Waals surface area contributed by atoms with Crippen LogP contribution in [-0.2, 0) is 11.3 Å². The van der Waals surface area contributed by atoms with Gasteiger partial charge in [-0.25, -0.2) is 0 Å². The Kier molecular flexibility index (Phi) is 7.15. The summed E-state index contributed by atoms with van der Waals surface area (Å²) in [5, 5.41) is 5.92. The van der Waals surface area contributed by atoms with Gasteiger partial charge in [-0.2, -0.15) is 0 Å². The number of likely N-dealkylation sites (N-methyl/N-ethyl adjacent to an activating group) is 1. The number of carbonyl (C=O) groups is 1. The number of benzene rings is 1. The molecule has 0 aliphatic heterocycles. The summed E-state index contributed by atoms with van der Waals surface area (Å²) in [6.07, 6.45) is 0. The molecule has 1 aromatic carbocycles. The first-order valence-corrected chi connectivity index (χ1v) is 7.01. The van der Waals surface area contributed by atoms with Crippen LogP contribution in [0.4, 0.5) is 5.69 Å². The van der Waals surface area contributed by atoms with Crippen molar-refractivity contribution in [2.75, 3.05) is 31.5 Å². The molecule has 1 amide bonds. The highest BCUT2D eigenvalue weighted by molar-refractivity contribution is 5.92. The summed E-state index contributed by atoms with van der Waals surface area (Å²) < 4.78 is 0. The van der Waals surface area contributed by atoms with E-state index in [0.717, 1.165) is 31.9 Å². The molecule has 0 bridgehead atoms. The van der Waals surface area contributed by atoms with Gasteiger partial charge in [-0.05, 0) is 37.3 Å². The molecule has 0 fully saturated rings. The van der Waals surface area contributed by atoms with Crippen LogP contribution < -0.4 is 10.6 Å². The first-order valence-electron chi connectivity index (χ1n) is 7.01. The van der Waals surface area contributed by atoms with Crippen LogP contribution in [0.25, 0.3) is 0 Å².